The summed E-state index contributed by atoms with van der Waals surface area (Å²) in [7, 11) is 0. The van der Waals surface area contributed by atoms with E-state index in [9.17, 15) is 9.18 Å². The van der Waals surface area contributed by atoms with Gasteiger partial charge in [0.2, 0.25) is 0 Å². The van der Waals surface area contributed by atoms with Crippen molar-refractivity contribution in [2.45, 2.75) is 12.5 Å². The fourth-order valence-electron chi connectivity index (χ4n) is 3.03. The van der Waals surface area contributed by atoms with Crippen molar-refractivity contribution in [1.82, 2.24) is 5.01 Å². The lowest BCUT2D eigenvalue weighted by molar-refractivity contribution is 0.0710. The van der Waals surface area contributed by atoms with Gasteiger partial charge < -0.3 is 4.42 Å². The molecule has 0 radical (unpaired) electrons. The summed E-state index contributed by atoms with van der Waals surface area (Å²) in [5.41, 5.74) is 1.87. The van der Waals surface area contributed by atoms with Crippen LogP contribution in [-0.2, 0) is 0 Å². The Bertz CT molecular complexity index is 985. The number of carbonyl (C=O) groups is 1. The molecule has 0 aliphatic carbocycles. The van der Waals surface area contributed by atoms with Gasteiger partial charge in [-0.25, -0.2) is 9.40 Å². The third-order valence-electron chi connectivity index (χ3n) is 4.26. The van der Waals surface area contributed by atoms with E-state index in [-0.39, 0.29) is 17.5 Å². The third kappa shape index (κ3) is 3.08. The van der Waals surface area contributed by atoms with E-state index in [4.69, 9.17) is 4.42 Å². The summed E-state index contributed by atoms with van der Waals surface area (Å²) in [6, 6.07) is 16.6. The minimum absolute atomic E-state index is 0.256. The molecule has 1 atom stereocenters. The van der Waals surface area contributed by atoms with Gasteiger partial charge in [-0.15, -0.1) is 0 Å². The highest BCUT2D eigenvalue weighted by Crippen LogP contribution is 2.37. The molecular weight excluding hydrogens is 399 g/mol. The molecular formula is C20H14BrFN2O2. The number of rotatable bonds is 3. The lowest BCUT2D eigenvalue weighted by Gasteiger charge is -2.23. The summed E-state index contributed by atoms with van der Waals surface area (Å²) in [5.74, 6) is -0.189. The van der Waals surface area contributed by atoms with Crippen LogP contribution in [0, 0.1) is 5.82 Å². The molecule has 130 valence electrons. The Morgan fingerprint density at radius 2 is 2.00 bits per heavy atom. The molecule has 3 aromatic rings. The number of nitrogens with zero attached hydrogens (tertiary/aromatic N) is 2. The number of hydrazone groups is 1. The summed E-state index contributed by atoms with van der Waals surface area (Å²) >= 11 is 3.55. The van der Waals surface area contributed by atoms with E-state index in [1.807, 2.05) is 30.3 Å². The molecule has 0 bridgehead atoms. The van der Waals surface area contributed by atoms with Gasteiger partial charge in [-0.05, 0) is 42.0 Å². The number of hydrogen-bond donors (Lipinski definition) is 0. The Morgan fingerprint density at radius 1 is 1.15 bits per heavy atom. The van der Waals surface area contributed by atoms with E-state index < -0.39 is 5.82 Å². The highest BCUT2D eigenvalue weighted by molar-refractivity contribution is 9.10. The summed E-state index contributed by atoms with van der Waals surface area (Å²) in [4.78, 5) is 13.0. The van der Waals surface area contributed by atoms with Crippen LogP contribution >= 0.6 is 15.9 Å². The zero-order valence-corrected chi connectivity index (χ0v) is 15.2. The van der Waals surface area contributed by atoms with E-state index in [0.29, 0.717) is 17.9 Å². The smallest absolute Gasteiger partial charge is 0.274 e. The quantitative estimate of drug-likeness (QED) is 0.595. The van der Waals surface area contributed by atoms with Crippen molar-refractivity contribution in [2.75, 3.05) is 0 Å². The Balaban J connectivity index is 1.76. The van der Waals surface area contributed by atoms with Crippen LogP contribution in [0.4, 0.5) is 4.39 Å². The SMILES string of the molecule is O=C(c1cccc(F)c1)N1N=C(c2ccco2)CC1c1ccccc1Br. The summed E-state index contributed by atoms with van der Waals surface area (Å²) in [6.07, 6.45) is 2.08. The molecule has 1 amide bonds. The van der Waals surface area contributed by atoms with Crippen molar-refractivity contribution in [3.05, 3.63) is 94.1 Å². The first-order chi connectivity index (χ1) is 12.6. The number of benzene rings is 2. The van der Waals surface area contributed by atoms with E-state index in [1.165, 1.54) is 23.2 Å². The van der Waals surface area contributed by atoms with E-state index in [2.05, 4.69) is 21.0 Å². The van der Waals surface area contributed by atoms with Gasteiger partial charge in [-0.1, -0.05) is 40.2 Å². The molecule has 0 saturated heterocycles. The third-order valence-corrected chi connectivity index (χ3v) is 4.98. The molecule has 0 saturated carbocycles. The molecule has 0 N–H and O–H groups in total. The Kier molecular flexibility index (Phi) is 4.42. The van der Waals surface area contributed by atoms with Crippen molar-refractivity contribution in [3.8, 4) is 0 Å². The largest absolute Gasteiger partial charge is 0.463 e. The van der Waals surface area contributed by atoms with Gasteiger partial charge in [0.05, 0.1) is 12.3 Å². The second kappa shape index (κ2) is 6.88. The molecule has 26 heavy (non-hydrogen) atoms. The van der Waals surface area contributed by atoms with Crippen LogP contribution in [0.2, 0.25) is 0 Å². The summed E-state index contributed by atoms with van der Waals surface area (Å²) in [5, 5.41) is 5.91. The van der Waals surface area contributed by atoms with E-state index in [1.54, 1.807) is 18.4 Å². The van der Waals surface area contributed by atoms with Gasteiger partial charge in [-0.3, -0.25) is 4.79 Å². The minimum atomic E-state index is -0.456. The zero-order valence-electron chi connectivity index (χ0n) is 13.6. The minimum Gasteiger partial charge on any atom is -0.463 e. The predicted molar refractivity (Wildman–Crippen MR) is 99.3 cm³/mol. The van der Waals surface area contributed by atoms with Crippen LogP contribution in [-0.4, -0.2) is 16.6 Å². The maximum atomic E-state index is 13.6. The molecule has 0 fully saturated rings. The first-order valence-corrected chi connectivity index (χ1v) is 8.87. The molecule has 0 spiro atoms. The monoisotopic (exact) mass is 412 g/mol. The van der Waals surface area contributed by atoms with Gasteiger partial charge in [0.15, 0.2) is 0 Å². The van der Waals surface area contributed by atoms with E-state index in [0.717, 1.165) is 10.0 Å². The first kappa shape index (κ1) is 16.7. The molecule has 1 aromatic heterocycles. The van der Waals surface area contributed by atoms with Crippen molar-refractivity contribution < 1.29 is 13.6 Å². The average molecular weight is 413 g/mol. The van der Waals surface area contributed by atoms with Gasteiger partial charge in [-0.2, -0.15) is 5.10 Å². The second-order valence-corrected chi connectivity index (χ2v) is 6.78. The van der Waals surface area contributed by atoms with Gasteiger partial charge in [0.25, 0.3) is 5.91 Å². The number of halogens is 2. The standard InChI is InChI=1S/C20H14BrFN2O2/c21-16-8-2-1-7-15(16)18-12-17(19-9-4-10-26-19)23-24(18)20(25)13-5-3-6-14(22)11-13/h1-11,18H,12H2. The van der Waals surface area contributed by atoms with Gasteiger partial charge in [0.1, 0.15) is 17.3 Å². The molecule has 1 aliphatic heterocycles. The van der Waals surface area contributed by atoms with Crippen LogP contribution in [0.5, 0.6) is 0 Å². The molecule has 2 aromatic carbocycles. The highest BCUT2D eigenvalue weighted by Gasteiger charge is 2.35. The number of furan rings is 1. The lowest BCUT2D eigenvalue weighted by atomic mass is 10.0. The van der Waals surface area contributed by atoms with Crippen molar-refractivity contribution in [2.24, 2.45) is 5.10 Å². The van der Waals surface area contributed by atoms with Gasteiger partial charge >= 0.3 is 0 Å². The van der Waals surface area contributed by atoms with Crippen LogP contribution in [0.25, 0.3) is 0 Å². The Morgan fingerprint density at radius 3 is 2.73 bits per heavy atom. The molecule has 6 heteroatoms. The van der Waals surface area contributed by atoms with Crippen LogP contribution in [0.1, 0.15) is 34.1 Å². The topological polar surface area (TPSA) is 45.8 Å². The van der Waals surface area contributed by atoms with E-state index >= 15 is 0 Å². The summed E-state index contributed by atoms with van der Waals surface area (Å²) < 4.78 is 19.9. The summed E-state index contributed by atoms with van der Waals surface area (Å²) in [6.45, 7) is 0. The second-order valence-electron chi connectivity index (χ2n) is 5.93. The predicted octanol–water partition coefficient (Wildman–Crippen LogP) is 5.17. The van der Waals surface area contributed by atoms with Gasteiger partial charge in [0, 0.05) is 16.5 Å². The van der Waals surface area contributed by atoms with Crippen LogP contribution in [0.3, 0.4) is 0 Å². The number of hydrogen-bond acceptors (Lipinski definition) is 3. The molecule has 4 rings (SSSR count). The van der Waals surface area contributed by atoms with Crippen molar-refractivity contribution >= 4 is 27.5 Å². The Hall–Kier alpha value is -2.73. The Labute approximate surface area is 158 Å². The fourth-order valence-corrected chi connectivity index (χ4v) is 3.58. The molecule has 1 aliphatic rings. The van der Waals surface area contributed by atoms with Crippen molar-refractivity contribution in [1.29, 1.82) is 0 Å². The molecule has 2 heterocycles. The zero-order chi connectivity index (χ0) is 18.1. The maximum Gasteiger partial charge on any atom is 0.274 e. The first-order valence-electron chi connectivity index (χ1n) is 8.08. The lowest BCUT2D eigenvalue weighted by Crippen LogP contribution is -2.27. The van der Waals surface area contributed by atoms with Crippen molar-refractivity contribution in [3.63, 3.8) is 0 Å². The highest BCUT2D eigenvalue weighted by atomic mass is 79.9. The number of amides is 1. The fraction of sp³-hybridized carbons (Fsp3) is 0.100. The normalized spacial score (nSPS) is 16.6. The maximum absolute atomic E-state index is 13.6. The van der Waals surface area contributed by atoms with Crippen LogP contribution in [0.15, 0.2) is 80.9 Å². The van der Waals surface area contributed by atoms with Crippen LogP contribution < -0.4 is 0 Å². The molecule has 4 nitrogen and oxygen atoms in total. The number of carbonyl (C=O) groups excluding carboxylic acids is 1. The average Bonchev–Trinajstić information content (AvgIpc) is 3.31. The molecule has 1 unspecified atom stereocenters.